The highest BCUT2D eigenvalue weighted by molar-refractivity contribution is 7.15. The van der Waals surface area contributed by atoms with Crippen molar-refractivity contribution in [3.05, 3.63) is 10.6 Å². The molecular formula is C17H30N2OS. The Kier molecular flexibility index (Phi) is 5.31. The molecule has 2 atom stereocenters. The van der Waals surface area contributed by atoms with Crippen LogP contribution >= 0.6 is 11.3 Å². The SMILES string of the molecule is CCCCN(c1nc2c(s1)C(O)CC(C)(C)C2)C(C)CC. The minimum atomic E-state index is -0.333. The summed E-state index contributed by atoms with van der Waals surface area (Å²) < 4.78 is 0. The summed E-state index contributed by atoms with van der Waals surface area (Å²) in [6.45, 7) is 12.3. The van der Waals surface area contributed by atoms with Crippen molar-refractivity contribution >= 4 is 16.5 Å². The van der Waals surface area contributed by atoms with Crippen LogP contribution in [-0.2, 0) is 6.42 Å². The first-order valence-corrected chi connectivity index (χ1v) is 9.14. The number of thiazole rings is 1. The summed E-state index contributed by atoms with van der Waals surface area (Å²) in [5.74, 6) is 0. The zero-order chi connectivity index (χ0) is 15.6. The number of aromatic nitrogens is 1. The molecule has 1 aromatic heterocycles. The van der Waals surface area contributed by atoms with E-state index in [1.165, 1.54) is 12.8 Å². The molecule has 4 heteroatoms. The van der Waals surface area contributed by atoms with Crippen LogP contribution in [-0.4, -0.2) is 22.7 Å². The number of rotatable bonds is 6. The first-order valence-electron chi connectivity index (χ1n) is 8.32. The Morgan fingerprint density at radius 1 is 1.43 bits per heavy atom. The van der Waals surface area contributed by atoms with Gasteiger partial charge in [0.15, 0.2) is 5.13 Å². The number of nitrogens with zero attached hydrogens (tertiary/aromatic N) is 2. The van der Waals surface area contributed by atoms with Gasteiger partial charge in [0.25, 0.3) is 0 Å². The first kappa shape index (κ1) is 16.8. The van der Waals surface area contributed by atoms with Crippen molar-refractivity contribution in [2.24, 2.45) is 5.41 Å². The lowest BCUT2D eigenvalue weighted by molar-refractivity contribution is 0.102. The largest absolute Gasteiger partial charge is 0.387 e. The molecule has 2 rings (SSSR count). The van der Waals surface area contributed by atoms with Crippen molar-refractivity contribution in [3.8, 4) is 0 Å². The van der Waals surface area contributed by atoms with Gasteiger partial charge in [0.1, 0.15) is 0 Å². The third-order valence-corrected chi connectivity index (χ3v) is 5.77. The fraction of sp³-hybridized carbons (Fsp3) is 0.824. The van der Waals surface area contributed by atoms with E-state index in [1.54, 1.807) is 11.3 Å². The number of hydrogen-bond donors (Lipinski definition) is 1. The van der Waals surface area contributed by atoms with Crippen molar-refractivity contribution in [2.75, 3.05) is 11.4 Å². The van der Waals surface area contributed by atoms with E-state index in [2.05, 4.69) is 39.5 Å². The van der Waals surface area contributed by atoms with Crippen molar-refractivity contribution in [1.82, 2.24) is 4.98 Å². The maximum Gasteiger partial charge on any atom is 0.186 e. The molecule has 0 saturated carbocycles. The lowest BCUT2D eigenvalue weighted by Crippen LogP contribution is -2.33. The molecule has 0 saturated heterocycles. The van der Waals surface area contributed by atoms with Gasteiger partial charge < -0.3 is 10.0 Å². The van der Waals surface area contributed by atoms with E-state index < -0.39 is 0 Å². The van der Waals surface area contributed by atoms with Crippen LogP contribution in [0, 0.1) is 5.41 Å². The van der Waals surface area contributed by atoms with Crippen molar-refractivity contribution in [1.29, 1.82) is 0 Å². The standard InChI is InChI=1S/C17H30N2OS/c1-6-8-9-19(12(3)7-2)16-18-13-10-17(4,5)11-14(20)15(13)21-16/h12,14,20H,6-11H2,1-5H3. The van der Waals surface area contributed by atoms with Gasteiger partial charge in [-0.25, -0.2) is 4.98 Å². The second kappa shape index (κ2) is 6.66. The average molecular weight is 311 g/mol. The van der Waals surface area contributed by atoms with Gasteiger partial charge in [-0.2, -0.15) is 0 Å². The summed E-state index contributed by atoms with van der Waals surface area (Å²) in [6.07, 6.45) is 5.02. The Bertz CT molecular complexity index is 469. The number of anilines is 1. The van der Waals surface area contributed by atoms with Crippen LogP contribution in [0.5, 0.6) is 0 Å². The molecule has 0 aromatic carbocycles. The third-order valence-electron chi connectivity index (χ3n) is 4.53. The predicted octanol–water partition coefficient (Wildman–Crippen LogP) is 4.55. The summed E-state index contributed by atoms with van der Waals surface area (Å²) in [5, 5.41) is 11.5. The molecule has 2 unspecified atom stereocenters. The Balaban J connectivity index is 2.27. The van der Waals surface area contributed by atoms with Crippen LogP contribution < -0.4 is 4.90 Å². The molecule has 0 amide bonds. The van der Waals surface area contributed by atoms with Crippen LogP contribution in [0.2, 0.25) is 0 Å². The lowest BCUT2D eigenvalue weighted by Gasteiger charge is -2.31. The quantitative estimate of drug-likeness (QED) is 0.837. The molecule has 0 radical (unpaired) electrons. The van der Waals surface area contributed by atoms with E-state index in [-0.39, 0.29) is 11.5 Å². The Morgan fingerprint density at radius 3 is 2.76 bits per heavy atom. The number of fused-ring (bicyclic) bond motifs is 1. The van der Waals surface area contributed by atoms with Crippen LogP contribution in [0.4, 0.5) is 5.13 Å². The first-order chi connectivity index (χ1) is 9.88. The van der Waals surface area contributed by atoms with E-state index >= 15 is 0 Å². The molecule has 0 fully saturated rings. The average Bonchev–Trinajstić information content (AvgIpc) is 2.81. The van der Waals surface area contributed by atoms with E-state index in [0.717, 1.165) is 41.5 Å². The molecule has 1 heterocycles. The second-order valence-corrected chi connectivity index (χ2v) is 8.18. The molecule has 1 aliphatic carbocycles. The van der Waals surface area contributed by atoms with Gasteiger partial charge in [0, 0.05) is 12.6 Å². The molecular weight excluding hydrogens is 280 g/mol. The molecule has 21 heavy (non-hydrogen) atoms. The lowest BCUT2D eigenvalue weighted by atomic mass is 9.77. The maximum absolute atomic E-state index is 10.4. The van der Waals surface area contributed by atoms with Gasteiger partial charge in [-0.05, 0) is 38.0 Å². The summed E-state index contributed by atoms with van der Waals surface area (Å²) in [4.78, 5) is 8.45. The Labute approximate surface area is 133 Å². The Hall–Kier alpha value is -0.610. The van der Waals surface area contributed by atoms with Gasteiger partial charge in [-0.1, -0.05) is 45.5 Å². The van der Waals surface area contributed by atoms with Gasteiger partial charge in [0.2, 0.25) is 0 Å². The van der Waals surface area contributed by atoms with Gasteiger partial charge in [0.05, 0.1) is 16.7 Å². The van der Waals surface area contributed by atoms with Crippen molar-refractivity contribution in [2.45, 2.75) is 78.9 Å². The van der Waals surface area contributed by atoms with Crippen LogP contribution in [0.15, 0.2) is 0 Å². The van der Waals surface area contributed by atoms with Crippen LogP contribution in [0.25, 0.3) is 0 Å². The number of aliphatic hydroxyl groups is 1. The van der Waals surface area contributed by atoms with E-state index in [1.807, 2.05) is 0 Å². The summed E-state index contributed by atoms with van der Waals surface area (Å²) in [6, 6.07) is 0.509. The number of unbranched alkanes of at least 4 members (excludes halogenated alkanes) is 1. The normalized spacial score (nSPS) is 21.9. The fourth-order valence-electron chi connectivity index (χ4n) is 3.06. The zero-order valence-corrected chi connectivity index (χ0v) is 15.0. The molecule has 1 aliphatic rings. The van der Waals surface area contributed by atoms with E-state index in [0.29, 0.717) is 6.04 Å². The molecule has 0 spiro atoms. The van der Waals surface area contributed by atoms with Gasteiger partial charge >= 0.3 is 0 Å². The molecule has 0 aliphatic heterocycles. The molecule has 3 nitrogen and oxygen atoms in total. The van der Waals surface area contributed by atoms with E-state index in [9.17, 15) is 5.11 Å². The summed E-state index contributed by atoms with van der Waals surface area (Å²) in [7, 11) is 0. The fourth-order valence-corrected chi connectivity index (χ4v) is 4.25. The van der Waals surface area contributed by atoms with E-state index in [4.69, 9.17) is 4.98 Å². The third kappa shape index (κ3) is 3.78. The zero-order valence-electron chi connectivity index (χ0n) is 14.1. The molecule has 1 N–H and O–H groups in total. The second-order valence-electron chi connectivity index (χ2n) is 7.17. The minimum Gasteiger partial charge on any atom is -0.387 e. The highest BCUT2D eigenvalue weighted by Gasteiger charge is 2.35. The molecule has 0 bridgehead atoms. The highest BCUT2D eigenvalue weighted by atomic mass is 32.1. The van der Waals surface area contributed by atoms with Crippen LogP contribution in [0.3, 0.4) is 0 Å². The topological polar surface area (TPSA) is 36.4 Å². The molecule has 1 aromatic rings. The highest BCUT2D eigenvalue weighted by Crippen LogP contribution is 2.44. The minimum absolute atomic E-state index is 0.155. The van der Waals surface area contributed by atoms with Gasteiger partial charge in [-0.15, -0.1) is 0 Å². The monoisotopic (exact) mass is 310 g/mol. The summed E-state index contributed by atoms with van der Waals surface area (Å²) >= 11 is 1.71. The van der Waals surface area contributed by atoms with Gasteiger partial charge in [-0.3, -0.25) is 0 Å². The van der Waals surface area contributed by atoms with Crippen molar-refractivity contribution in [3.63, 3.8) is 0 Å². The molecule has 120 valence electrons. The number of aliphatic hydroxyl groups excluding tert-OH is 1. The van der Waals surface area contributed by atoms with Crippen LogP contribution in [0.1, 0.15) is 77.0 Å². The Morgan fingerprint density at radius 2 is 2.14 bits per heavy atom. The maximum atomic E-state index is 10.4. The smallest absolute Gasteiger partial charge is 0.186 e. The number of hydrogen-bond acceptors (Lipinski definition) is 4. The van der Waals surface area contributed by atoms with Crippen molar-refractivity contribution < 1.29 is 5.11 Å². The summed E-state index contributed by atoms with van der Waals surface area (Å²) in [5.41, 5.74) is 1.28. The predicted molar refractivity (Wildman–Crippen MR) is 91.2 cm³/mol.